The summed E-state index contributed by atoms with van der Waals surface area (Å²) in [5.41, 5.74) is 2.87. The molecule has 12 nitrogen and oxygen atoms in total. The van der Waals surface area contributed by atoms with Crippen LogP contribution in [0.1, 0.15) is 35.7 Å². The second-order valence-electron chi connectivity index (χ2n) is 9.40. The van der Waals surface area contributed by atoms with E-state index in [1.54, 1.807) is 53.6 Å². The van der Waals surface area contributed by atoms with Crippen LogP contribution in [0.15, 0.2) is 54.7 Å². The number of carbonyl (C=O) groups is 3. The number of methoxy groups -OCH3 is 1. The number of rotatable bonds is 7. The number of anilines is 2. The lowest BCUT2D eigenvalue weighted by Gasteiger charge is -2.33. The SMILES string of the molecule is COC(=O)c1ccc(Nc2nccc(-c3ccc(OC4CCN(C(=O)[C@@H](C)O)CC4)c(C#N)c3)n2)cc1.O=C(O)C(F)(F)F. The molecule has 1 atom stereocenters. The predicted molar refractivity (Wildman–Crippen MR) is 149 cm³/mol. The number of nitriles is 1. The first-order valence-corrected chi connectivity index (χ1v) is 13.1. The molecule has 4 rings (SSSR count). The second kappa shape index (κ2) is 14.8. The quantitative estimate of drug-likeness (QED) is 0.329. The molecule has 2 heterocycles. The summed E-state index contributed by atoms with van der Waals surface area (Å²) >= 11 is 0. The number of aliphatic hydroxyl groups excluding tert-OH is 1. The van der Waals surface area contributed by atoms with Crippen molar-refractivity contribution in [2.24, 2.45) is 0 Å². The van der Waals surface area contributed by atoms with E-state index >= 15 is 0 Å². The Morgan fingerprint density at radius 1 is 1.11 bits per heavy atom. The number of aromatic nitrogens is 2. The molecule has 0 spiro atoms. The van der Waals surface area contributed by atoms with Gasteiger partial charge in [0.05, 0.1) is 23.9 Å². The number of alkyl halides is 3. The number of hydrogen-bond donors (Lipinski definition) is 3. The molecule has 3 aromatic rings. The Balaban J connectivity index is 0.000000676. The smallest absolute Gasteiger partial charge is 0.489 e. The highest BCUT2D eigenvalue weighted by atomic mass is 19.4. The summed E-state index contributed by atoms with van der Waals surface area (Å²) in [6.07, 6.45) is -3.37. The van der Waals surface area contributed by atoms with Crippen molar-refractivity contribution in [3.63, 3.8) is 0 Å². The molecule has 1 aliphatic rings. The number of amides is 1. The van der Waals surface area contributed by atoms with Gasteiger partial charge in [0.1, 0.15) is 24.0 Å². The fourth-order valence-electron chi connectivity index (χ4n) is 4.03. The normalized spacial score (nSPS) is 13.9. The van der Waals surface area contributed by atoms with E-state index in [-0.39, 0.29) is 12.0 Å². The Morgan fingerprint density at radius 3 is 2.30 bits per heavy atom. The number of nitrogens with one attached hydrogen (secondary N) is 1. The van der Waals surface area contributed by atoms with Gasteiger partial charge in [0.15, 0.2) is 0 Å². The first kappa shape index (κ1) is 33.3. The molecule has 1 aromatic heterocycles. The van der Waals surface area contributed by atoms with Crippen LogP contribution in [0, 0.1) is 11.3 Å². The molecule has 0 radical (unpaired) electrons. The minimum atomic E-state index is -5.08. The van der Waals surface area contributed by atoms with Crippen LogP contribution >= 0.6 is 0 Å². The van der Waals surface area contributed by atoms with E-state index in [9.17, 15) is 33.1 Å². The number of likely N-dealkylation sites (tertiary alicyclic amines) is 1. The first-order valence-electron chi connectivity index (χ1n) is 13.1. The van der Waals surface area contributed by atoms with Gasteiger partial charge in [-0.1, -0.05) is 0 Å². The van der Waals surface area contributed by atoms with Crippen molar-refractivity contribution < 1.29 is 47.2 Å². The Hall–Kier alpha value is -5.23. The second-order valence-corrected chi connectivity index (χ2v) is 9.40. The van der Waals surface area contributed by atoms with Crippen molar-refractivity contribution in [2.45, 2.75) is 38.1 Å². The molecule has 0 aliphatic carbocycles. The highest BCUT2D eigenvalue weighted by Crippen LogP contribution is 2.28. The highest BCUT2D eigenvalue weighted by molar-refractivity contribution is 5.89. The van der Waals surface area contributed by atoms with Crippen LogP contribution in [0.2, 0.25) is 0 Å². The number of hydrogen-bond acceptors (Lipinski definition) is 10. The zero-order valence-corrected chi connectivity index (χ0v) is 23.5. The summed E-state index contributed by atoms with van der Waals surface area (Å²) in [4.78, 5) is 42.9. The highest BCUT2D eigenvalue weighted by Gasteiger charge is 2.38. The van der Waals surface area contributed by atoms with Gasteiger partial charge >= 0.3 is 18.1 Å². The molecule has 0 bridgehead atoms. The molecule has 15 heteroatoms. The lowest BCUT2D eigenvalue weighted by atomic mass is 10.1. The van der Waals surface area contributed by atoms with Gasteiger partial charge in [0.2, 0.25) is 5.95 Å². The Kier molecular flexibility index (Phi) is 11.2. The van der Waals surface area contributed by atoms with Crippen molar-refractivity contribution in [2.75, 3.05) is 25.5 Å². The van der Waals surface area contributed by atoms with E-state index in [0.29, 0.717) is 60.1 Å². The number of aliphatic hydroxyl groups is 1. The number of piperidine rings is 1. The number of aliphatic carboxylic acids is 1. The zero-order chi connectivity index (χ0) is 32.4. The average molecular weight is 616 g/mol. The Morgan fingerprint density at radius 2 is 1.75 bits per heavy atom. The summed E-state index contributed by atoms with van der Waals surface area (Å²) in [5, 5.41) is 29.5. The van der Waals surface area contributed by atoms with Gasteiger partial charge in [0, 0.05) is 43.4 Å². The zero-order valence-electron chi connectivity index (χ0n) is 23.5. The van der Waals surface area contributed by atoms with E-state index in [4.69, 9.17) is 19.4 Å². The molecular weight excluding hydrogens is 587 g/mol. The van der Waals surface area contributed by atoms with Gasteiger partial charge in [0.25, 0.3) is 5.91 Å². The minimum absolute atomic E-state index is 0.128. The van der Waals surface area contributed by atoms with Gasteiger partial charge < -0.3 is 29.9 Å². The fourth-order valence-corrected chi connectivity index (χ4v) is 4.03. The summed E-state index contributed by atoms with van der Waals surface area (Å²) < 4.78 is 42.5. The maximum absolute atomic E-state index is 12.0. The van der Waals surface area contributed by atoms with E-state index in [1.165, 1.54) is 14.0 Å². The summed E-state index contributed by atoms with van der Waals surface area (Å²) in [7, 11) is 1.33. The van der Waals surface area contributed by atoms with Crippen molar-refractivity contribution in [1.82, 2.24) is 14.9 Å². The van der Waals surface area contributed by atoms with E-state index < -0.39 is 24.2 Å². The van der Waals surface area contributed by atoms with Crippen molar-refractivity contribution in [1.29, 1.82) is 5.26 Å². The topological polar surface area (TPSA) is 175 Å². The molecule has 1 aliphatic heterocycles. The van der Waals surface area contributed by atoms with E-state index in [0.717, 1.165) is 5.56 Å². The maximum atomic E-state index is 12.0. The Bertz CT molecular complexity index is 1520. The number of esters is 1. The van der Waals surface area contributed by atoms with Crippen LogP contribution in [0.5, 0.6) is 5.75 Å². The third kappa shape index (κ3) is 9.13. The van der Waals surface area contributed by atoms with Crippen LogP contribution in [0.3, 0.4) is 0 Å². The number of nitrogens with zero attached hydrogens (tertiary/aromatic N) is 4. The molecule has 3 N–H and O–H groups in total. The minimum Gasteiger partial charge on any atom is -0.489 e. The molecular formula is C29H28F3N5O7. The molecule has 44 heavy (non-hydrogen) atoms. The monoisotopic (exact) mass is 615 g/mol. The van der Waals surface area contributed by atoms with Crippen LogP contribution < -0.4 is 10.1 Å². The van der Waals surface area contributed by atoms with Crippen LogP contribution in [-0.4, -0.2) is 81.5 Å². The average Bonchev–Trinajstić information content (AvgIpc) is 3.01. The number of carboxylic acids is 1. The summed E-state index contributed by atoms with van der Waals surface area (Å²) in [5.74, 6) is -2.61. The Labute approximate surface area is 249 Å². The molecule has 1 fully saturated rings. The van der Waals surface area contributed by atoms with E-state index in [2.05, 4.69) is 21.4 Å². The third-order valence-electron chi connectivity index (χ3n) is 6.26. The van der Waals surface area contributed by atoms with E-state index in [1.807, 2.05) is 6.07 Å². The van der Waals surface area contributed by atoms with Crippen LogP contribution in [-0.2, 0) is 14.3 Å². The van der Waals surface area contributed by atoms with Crippen LogP contribution in [0.4, 0.5) is 24.8 Å². The summed E-state index contributed by atoms with van der Waals surface area (Å²) in [6, 6.07) is 16.0. The van der Waals surface area contributed by atoms with Crippen molar-refractivity contribution >= 4 is 29.5 Å². The number of carboxylic acid groups (broad SMARTS) is 1. The van der Waals surface area contributed by atoms with Crippen molar-refractivity contribution in [3.8, 4) is 23.1 Å². The molecule has 232 valence electrons. The molecule has 1 amide bonds. The lowest BCUT2D eigenvalue weighted by Crippen LogP contribution is -2.45. The van der Waals surface area contributed by atoms with Gasteiger partial charge in [-0.3, -0.25) is 4.79 Å². The fraction of sp³-hybridized carbons (Fsp3) is 0.310. The van der Waals surface area contributed by atoms with Gasteiger partial charge in [-0.05, 0) is 55.5 Å². The third-order valence-corrected chi connectivity index (χ3v) is 6.26. The number of halogens is 3. The number of carbonyl (C=O) groups excluding carboxylic acids is 2. The number of ether oxygens (including phenoxy) is 2. The largest absolute Gasteiger partial charge is 0.490 e. The van der Waals surface area contributed by atoms with Gasteiger partial charge in [-0.2, -0.15) is 18.4 Å². The molecule has 1 saturated heterocycles. The predicted octanol–water partition coefficient (Wildman–Crippen LogP) is 3.93. The first-order chi connectivity index (χ1) is 20.8. The molecule has 0 unspecified atom stereocenters. The molecule has 0 saturated carbocycles. The van der Waals surface area contributed by atoms with Crippen molar-refractivity contribution in [3.05, 3.63) is 65.9 Å². The van der Waals surface area contributed by atoms with Gasteiger partial charge in [-0.15, -0.1) is 0 Å². The lowest BCUT2D eigenvalue weighted by molar-refractivity contribution is -0.192. The van der Waals surface area contributed by atoms with Crippen LogP contribution in [0.25, 0.3) is 11.3 Å². The van der Waals surface area contributed by atoms with Gasteiger partial charge in [-0.25, -0.2) is 19.6 Å². The maximum Gasteiger partial charge on any atom is 0.490 e. The standard InChI is InChI=1S/C27H27N5O5.C2HF3O2/c1-17(33)25(34)32-13-10-22(11-14-32)37-24-8-5-19(15-20(24)16-28)23-9-12-29-27(31-23)30-21-6-3-18(4-7-21)26(35)36-2;3-2(4,5)1(6)7/h3-9,12,15,17,22,33H,10-11,13-14H2,1-2H3,(H,29,30,31);(H,6,7)/t17-;/m1./s1. The summed E-state index contributed by atoms with van der Waals surface area (Å²) in [6.45, 7) is 2.46. The molecule has 2 aromatic carbocycles. The number of benzene rings is 2.